The van der Waals surface area contributed by atoms with Gasteiger partial charge in [0, 0.05) is 6.20 Å². The molecule has 0 saturated heterocycles. The lowest BCUT2D eigenvalue weighted by molar-refractivity contribution is 0.0995. The molecule has 0 spiro atoms. The summed E-state index contributed by atoms with van der Waals surface area (Å²) in [5.74, 6) is -0.0908. The quantitative estimate of drug-likeness (QED) is 0.865. The van der Waals surface area contributed by atoms with Crippen molar-refractivity contribution in [1.82, 2.24) is 9.97 Å². The van der Waals surface area contributed by atoms with Gasteiger partial charge in [0.1, 0.15) is 5.69 Å². The lowest BCUT2D eigenvalue weighted by Gasteiger charge is -1.96. The largest absolute Gasteiger partial charge is 0.364 e. The van der Waals surface area contributed by atoms with Gasteiger partial charge in [0.2, 0.25) is 0 Å². The third-order valence-corrected chi connectivity index (χ3v) is 2.15. The van der Waals surface area contributed by atoms with Gasteiger partial charge in [-0.1, -0.05) is 36.4 Å². The van der Waals surface area contributed by atoms with Crippen LogP contribution in [-0.2, 0) is 0 Å². The summed E-state index contributed by atoms with van der Waals surface area (Å²) in [5.41, 5.74) is 6.39. The van der Waals surface area contributed by atoms with E-state index in [-0.39, 0.29) is 5.69 Å². The summed E-state index contributed by atoms with van der Waals surface area (Å²) in [6.45, 7) is 0. The van der Waals surface area contributed by atoms with Crippen molar-refractivity contribution in [3.8, 4) is 0 Å². The summed E-state index contributed by atoms with van der Waals surface area (Å²) in [4.78, 5) is 19.0. The normalized spacial score (nSPS) is 10.6. The molecule has 4 heteroatoms. The van der Waals surface area contributed by atoms with Crippen LogP contribution >= 0.6 is 0 Å². The fourth-order valence-electron chi connectivity index (χ4n) is 1.33. The number of hydrogen-bond acceptors (Lipinski definition) is 3. The van der Waals surface area contributed by atoms with Crippen molar-refractivity contribution >= 4 is 18.1 Å². The monoisotopic (exact) mass is 225 g/mol. The molecule has 2 rings (SSSR count). The Kier molecular flexibility index (Phi) is 3.25. The van der Waals surface area contributed by atoms with Crippen LogP contribution in [-0.4, -0.2) is 15.9 Å². The highest BCUT2D eigenvalue weighted by atomic mass is 16.1. The molecule has 4 nitrogen and oxygen atoms in total. The van der Waals surface area contributed by atoms with Crippen LogP contribution in [0.15, 0.2) is 42.6 Å². The van der Waals surface area contributed by atoms with E-state index in [1.807, 2.05) is 36.4 Å². The Morgan fingerprint density at radius 1 is 1.12 bits per heavy atom. The highest BCUT2D eigenvalue weighted by Gasteiger charge is 2.01. The van der Waals surface area contributed by atoms with Gasteiger partial charge >= 0.3 is 0 Å². The molecule has 1 amide bonds. The number of aromatic nitrogens is 2. The molecule has 0 aliphatic rings. The first-order valence-corrected chi connectivity index (χ1v) is 5.12. The molecule has 0 fully saturated rings. The number of hydrogen-bond donors (Lipinski definition) is 1. The van der Waals surface area contributed by atoms with Crippen molar-refractivity contribution in [3.05, 3.63) is 59.7 Å². The van der Waals surface area contributed by atoms with Crippen LogP contribution in [0, 0.1) is 0 Å². The van der Waals surface area contributed by atoms with Gasteiger partial charge in [-0.25, -0.2) is 9.97 Å². The van der Waals surface area contributed by atoms with Crippen LogP contribution in [0.3, 0.4) is 0 Å². The number of rotatable bonds is 3. The average Bonchev–Trinajstić information content (AvgIpc) is 2.38. The van der Waals surface area contributed by atoms with Crippen LogP contribution in [0.2, 0.25) is 0 Å². The lowest BCUT2D eigenvalue weighted by atomic mass is 10.2. The first-order valence-electron chi connectivity index (χ1n) is 5.12. The van der Waals surface area contributed by atoms with Crippen molar-refractivity contribution in [1.29, 1.82) is 0 Å². The molecule has 1 aromatic heterocycles. The van der Waals surface area contributed by atoms with Crippen molar-refractivity contribution in [2.75, 3.05) is 0 Å². The Balaban J connectivity index is 2.22. The van der Waals surface area contributed by atoms with Gasteiger partial charge in [-0.2, -0.15) is 0 Å². The molecule has 0 atom stereocenters. The molecular formula is C13H11N3O. The SMILES string of the molecule is NC(=O)c1ccnc(/C=C/c2ccccc2)n1. The van der Waals surface area contributed by atoms with E-state index in [1.165, 1.54) is 12.3 Å². The van der Waals surface area contributed by atoms with Crippen LogP contribution in [0.25, 0.3) is 12.2 Å². The molecule has 1 heterocycles. The lowest BCUT2D eigenvalue weighted by Crippen LogP contribution is -2.13. The Morgan fingerprint density at radius 3 is 2.59 bits per heavy atom. The van der Waals surface area contributed by atoms with E-state index in [1.54, 1.807) is 6.08 Å². The molecule has 17 heavy (non-hydrogen) atoms. The maximum absolute atomic E-state index is 10.9. The predicted molar refractivity (Wildman–Crippen MR) is 65.9 cm³/mol. The number of amides is 1. The molecule has 2 N–H and O–H groups in total. The minimum Gasteiger partial charge on any atom is -0.364 e. The number of benzene rings is 1. The van der Waals surface area contributed by atoms with Crippen molar-refractivity contribution < 1.29 is 4.79 Å². The highest BCUT2D eigenvalue weighted by Crippen LogP contribution is 2.04. The summed E-state index contributed by atoms with van der Waals surface area (Å²) in [5, 5.41) is 0. The van der Waals surface area contributed by atoms with E-state index in [4.69, 9.17) is 5.73 Å². The van der Waals surface area contributed by atoms with E-state index in [2.05, 4.69) is 9.97 Å². The Labute approximate surface area is 98.8 Å². The zero-order valence-corrected chi connectivity index (χ0v) is 9.08. The molecule has 0 saturated carbocycles. The van der Waals surface area contributed by atoms with Crippen molar-refractivity contribution in [2.45, 2.75) is 0 Å². The van der Waals surface area contributed by atoms with Gasteiger partial charge in [-0.15, -0.1) is 0 Å². The molecule has 2 aromatic rings. The second-order valence-corrected chi connectivity index (χ2v) is 3.41. The van der Waals surface area contributed by atoms with Crippen LogP contribution in [0.4, 0.5) is 0 Å². The minimum atomic E-state index is -0.554. The molecule has 0 unspecified atom stereocenters. The first kappa shape index (κ1) is 11.0. The van der Waals surface area contributed by atoms with Crippen LogP contribution in [0.5, 0.6) is 0 Å². The topological polar surface area (TPSA) is 68.9 Å². The van der Waals surface area contributed by atoms with Crippen molar-refractivity contribution in [3.63, 3.8) is 0 Å². The molecule has 1 aromatic carbocycles. The molecular weight excluding hydrogens is 214 g/mol. The summed E-state index contributed by atoms with van der Waals surface area (Å²) in [6.07, 6.45) is 5.12. The molecule has 0 bridgehead atoms. The van der Waals surface area contributed by atoms with E-state index >= 15 is 0 Å². The molecule has 0 aliphatic heterocycles. The summed E-state index contributed by atoms with van der Waals surface area (Å²) in [6, 6.07) is 11.3. The zero-order valence-electron chi connectivity index (χ0n) is 9.08. The molecule has 0 aliphatic carbocycles. The standard InChI is InChI=1S/C13H11N3O/c14-13(17)11-8-9-15-12(16-11)7-6-10-4-2-1-3-5-10/h1-9H,(H2,14,17)/b7-6+. The number of nitrogens with two attached hydrogens (primary N) is 1. The zero-order chi connectivity index (χ0) is 12.1. The number of carbonyl (C=O) groups excluding carboxylic acids is 1. The number of carbonyl (C=O) groups is 1. The van der Waals surface area contributed by atoms with Gasteiger partial charge in [0.15, 0.2) is 5.82 Å². The fourth-order valence-corrected chi connectivity index (χ4v) is 1.33. The maximum Gasteiger partial charge on any atom is 0.267 e. The Bertz CT molecular complexity index is 550. The van der Waals surface area contributed by atoms with E-state index in [9.17, 15) is 4.79 Å². The number of primary amides is 1. The fraction of sp³-hybridized carbons (Fsp3) is 0. The van der Waals surface area contributed by atoms with Gasteiger partial charge in [0.25, 0.3) is 5.91 Å². The van der Waals surface area contributed by atoms with Gasteiger partial charge in [0.05, 0.1) is 0 Å². The molecule has 84 valence electrons. The second kappa shape index (κ2) is 5.03. The van der Waals surface area contributed by atoms with E-state index < -0.39 is 5.91 Å². The third-order valence-electron chi connectivity index (χ3n) is 2.15. The van der Waals surface area contributed by atoms with Gasteiger partial charge in [-0.3, -0.25) is 4.79 Å². The predicted octanol–water partition coefficient (Wildman–Crippen LogP) is 1.75. The maximum atomic E-state index is 10.9. The molecule has 0 radical (unpaired) electrons. The Morgan fingerprint density at radius 2 is 1.88 bits per heavy atom. The first-order chi connectivity index (χ1) is 8.25. The highest BCUT2D eigenvalue weighted by molar-refractivity contribution is 5.90. The summed E-state index contributed by atoms with van der Waals surface area (Å²) >= 11 is 0. The van der Waals surface area contributed by atoms with E-state index in [0.29, 0.717) is 5.82 Å². The second-order valence-electron chi connectivity index (χ2n) is 3.41. The third kappa shape index (κ3) is 2.98. The van der Waals surface area contributed by atoms with E-state index in [0.717, 1.165) is 5.56 Å². The minimum absolute atomic E-state index is 0.215. The van der Waals surface area contributed by atoms with Gasteiger partial charge in [-0.05, 0) is 17.7 Å². The van der Waals surface area contributed by atoms with Crippen LogP contribution in [0.1, 0.15) is 21.9 Å². The summed E-state index contributed by atoms with van der Waals surface area (Å²) in [7, 11) is 0. The Hall–Kier alpha value is -2.49. The smallest absolute Gasteiger partial charge is 0.267 e. The number of nitrogens with zero attached hydrogens (tertiary/aromatic N) is 2. The van der Waals surface area contributed by atoms with Gasteiger partial charge < -0.3 is 5.73 Å². The van der Waals surface area contributed by atoms with Crippen molar-refractivity contribution in [2.24, 2.45) is 5.73 Å². The van der Waals surface area contributed by atoms with Crippen LogP contribution < -0.4 is 5.73 Å². The average molecular weight is 225 g/mol. The summed E-state index contributed by atoms with van der Waals surface area (Å²) < 4.78 is 0.